The summed E-state index contributed by atoms with van der Waals surface area (Å²) in [5, 5.41) is 0. The first-order chi connectivity index (χ1) is 12.5. The van der Waals surface area contributed by atoms with Gasteiger partial charge in [0, 0.05) is 20.9 Å². The lowest BCUT2D eigenvalue weighted by Crippen LogP contribution is -2.30. The molecule has 27 heavy (non-hydrogen) atoms. The summed E-state index contributed by atoms with van der Waals surface area (Å²) in [6.07, 6.45) is 7.78. The quantitative estimate of drug-likeness (QED) is 0.258. The Hall–Kier alpha value is -0.843. The van der Waals surface area contributed by atoms with E-state index in [1.54, 1.807) is 0 Å². The first kappa shape index (κ1) is 24.2. The number of hydrogen-bond acceptors (Lipinski definition) is 4. The van der Waals surface area contributed by atoms with Gasteiger partial charge >= 0.3 is 11.9 Å². The molecule has 0 amide bonds. The van der Waals surface area contributed by atoms with Gasteiger partial charge in [0.05, 0.1) is 6.61 Å². The second-order valence-corrected chi connectivity index (χ2v) is 16.0. The van der Waals surface area contributed by atoms with Crippen molar-refractivity contribution in [3.05, 3.63) is 0 Å². The standard InChI is InChI=1S/C22H42O4Si/c1-22(2,3)18-12-14-19(15-13-18)26-21(24)11-9-7-8-10-20(23)25-16-17-27(4,5)6/h18-19H,7-17H2,1-6H3. The molecule has 0 atom stereocenters. The van der Waals surface area contributed by atoms with Gasteiger partial charge in [-0.2, -0.15) is 0 Å². The fraction of sp³-hybridized carbons (Fsp3) is 0.909. The number of carbonyl (C=O) groups is 2. The van der Waals surface area contributed by atoms with Crippen molar-refractivity contribution in [3.8, 4) is 0 Å². The van der Waals surface area contributed by atoms with Crippen LogP contribution < -0.4 is 0 Å². The normalized spacial score (nSPS) is 21.0. The predicted molar refractivity (Wildman–Crippen MR) is 113 cm³/mol. The van der Waals surface area contributed by atoms with Gasteiger partial charge in [-0.15, -0.1) is 0 Å². The third-order valence-electron chi connectivity index (χ3n) is 5.57. The van der Waals surface area contributed by atoms with E-state index in [-0.39, 0.29) is 18.0 Å². The summed E-state index contributed by atoms with van der Waals surface area (Å²) in [5.41, 5.74) is 0.352. The molecule has 0 unspecified atom stereocenters. The molecule has 5 heteroatoms. The maximum Gasteiger partial charge on any atom is 0.306 e. The number of carbonyl (C=O) groups excluding carboxylic acids is 2. The summed E-state index contributed by atoms with van der Waals surface area (Å²) in [7, 11) is -1.14. The molecule has 0 saturated heterocycles. The summed E-state index contributed by atoms with van der Waals surface area (Å²) in [6, 6.07) is 1.02. The Morgan fingerprint density at radius 1 is 0.889 bits per heavy atom. The molecule has 0 aromatic carbocycles. The molecule has 1 fully saturated rings. The number of rotatable bonds is 10. The van der Waals surface area contributed by atoms with Crippen LogP contribution >= 0.6 is 0 Å². The lowest BCUT2D eigenvalue weighted by molar-refractivity contribution is -0.151. The van der Waals surface area contributed by atoms with E-state index in [0.29, 0.717) is 24.9 Å². The van der Waals surface area contributed by atoms with E-state index in [0.717, 1.165) is 56.9 Å². The zero-order chi connectivity index (χ0) is 20.5. The zero-order valence-electron chi connectivity index (χ0n) is 18.6. The molecule has 0 heterocycles. The molecule has 1 rings (SSSR count). The molecule has 0 spiro atoms. The van der Waals surface area contributed by atoms with Gasteiger partial charge in [0.25, 0.3) is 0 Å². The highest BCUT2D eigenvalue weighted by Gasteiger charge is 2.30. The molecule has 0 aromatic rings. The maximum atomic E-state index is 12.0. The first-order valence-electron chi connectivity index (χ1n) is 10.8. The molecule has 1 aliphatic carbocycles. The van der Waals surface area contributed by atoms with Gasteiger partial charge in [0.2, 0.25) is 0 Å². The third-order valence-corrected chi connectivity index (χ3v) is 7.28. The van der Waals surface area contributed by atoms with Crippen LogP contribution in [0.1, 0.15) is 78.6 Å². The third kappa shape index (κ3) is 11.6. The largest absolute Gasteiger partial charge is 0.466 e. The Morgan fingerprint density at radius 3 is 1.96 bits per heavy atom. The van der Waals surface area contributed by atoms with Crippen molar-refractivity contribution >= 4 is 20.0 Å². The molecule has 1 aliphatic rings. The van der Waals surface area contributed by atoms with E-state index >= 15 is 0 Å². The van der Waals surface area contributed by atoms with Crippen LogP contribution in [0.15, 0.2) is 0 Å². The molecular weight excluding hydrogens is 356 g/mol. The van der Waals surface area contributed by atoms with Crippen molar-refractivity contribution < 1.29 is 19.1 Å². The number of unbranched alkanes of at least 4 members (excludes halogenated alkanes) is 2. The number of hydrogen-bond donors (Lipinski definition) is 0. The molecule has 158 valence electrons. The number of esters is 2. The fourth-order valence-corrected chi connectivity index (χ4v) is 4.26. The molecule has 0 bridgehead atoms. The highest BCUT2D eigenvalue weighted by Crippen LogP contribution is 2.38. The molecule has 4 nitrogen and oxygen atoms in total. The Balaban J connectivity index is 2.04. The van der Waals surface area contributed by atoms with Crippen LogP contribution in [0.3, 0.4) is 0 Å². The minimum absolute atomic E-state index is 0.0769. The van der Waals surface area contributed by atoms with Gasteiger partial charge in [-0.25, -0.2) is 0 Å². The summed E-state index contributed by atoms with van der Waals surface area (Å²) < 4.78 is 10.9. The van der Waals surface area contributed by atoms with Gasteiger partial charge < -0.3 is 9.47 Å². The van der Waals surface area contributed by atoms with Gasteiger partial charge in [0.1, 0.15) is 6.10 Å². The number of ether oxygens (including phenoxy) is 2. The maximum absolute atomic E-state index is 12.0. The van der Waals surface area contributed by atoms with Crippen molar-refractivity contribution in [2.45, 2.75) is 110 Å². The Morgan fingerprint density at radius 2 is 1.44 bits per heavy atom. The SMILES string of the molecule is CC(C)(C)C1CCC(OC(=O)CCCCCC(=O)OCC[Si](C)(C)C)CC1. The van der Waals surface area contributed by atoms with Crippen LogP contribution in [0, 0.1) is 11.3 Å². The van der Waals surface area contributed by atoms with Crippen LogP contribution in [0.4, 0.5) is 0 Å². The molecule has 0 N–H and O–H groups in total. The monoisotopic (exact) mass is 398 g/mol. The lowest BCUT2D eigenvalue weighted by atomic mass is 9.72. The van der Waals surface area contributed by atoms with Crippen LogP contribution in [-0.4, -0.2) is 32.7 Å². The Labute approximate surface area is 167 Å². The van der Waals surface area contributed by atoms with Crippen LogP contribution in [0.25, 0.3) is 0 Å². The van der Waals surface area contributed by atoms with Crippen molar-refractivity contribution in [2.75, 3.05) is 6.61 Å². The topological polar surface area (TPSA) is 52.6 Å². The predicted octanol–water partition coefficient (Wildman–Crippen LogP) is 5.97. The summed E-state index contributed by atoms with van der Waals surface area (Å²) in [6.45, 7) is 14.3. The van der Waals surface area contributed by atoms with E-state index in [2.05, 4.69) is 40.4 Å². The minimum Gasteiger partial charge on any atom is -0.466 e. The van der Waals surface area contributed by atoms with Crippen molar-refractivity contribution in [2.24, 2.45) is 11.3 Å². The van der Waals surface area contributed by atoms with Gasteiger partial charge in [-0.3, -0.25) is 9.59 Å². The Bertz CT molecular complexity index is 454. The highest BCUT2D eigenvalue weighted by atomic mass is 28.3. The van der Waals surface area contributed by atoms with E-state index in [9.17, 15) is 9.59 Å². The Kier molecular flexibility index (Phi) is 10.1. The van der Waals surface area contributed by atoms with E-state index < -0.39 is 8.07 Å². The van der Waals surface area contributed by atoms with Gasteiger partial charge in [-0.1, -0.05) is 46.8 Å². The average molecular weight is 399 g/mol. The molecular formula is C22H42O4Si. The average Bonchev–Trinajstić information content (AvgIpc) is 2.53. The van der Waals surface area contributed by atoms with Crippen molar-refractivity contribution in [3.63, 3.8) is 0 Å². The smallest absolute Gasteiger partial charge is 0.306 e. The van der Waals surface area contributed by atoms with Crippen molar-refractivity contribution in [1.82, 2.24) is 0 Å². The van der Waals surface area contributed by atoms with Crippen LogP contribution in [0.5, 0.6) is 0 Å². The van der Waals surface area contributed by atoms with Gasteiger partial charge in [0.15, 0.2) is 0 Å². The van der Waals surface area contributed by atoms with E-state index in [4.69, 9.17) is 9.47 Å². The summed E-state index contributed by atoms with van der Waals surface area (Å²) >= 11 is 0. The molecule has 1 saturated carbocycles. The molecule has 0 radical (unpaired) electrons. The van der Waals surface area contributed by atoms with E-state index in [1.807, 2.05) is 0 Å². The summed E-state index contributed by atoms with van der Waals surface area (Å²) in [5.74, 6) is 0.552. The van der Waals surface area contributed by atoms with Crippen molar-refractivity contribution in [1.29, 1.82) is 0 Å². The second-order valence-electron chi connectivity index (χ2n) is 10.4. The molecule has 0 aromatic heterocycles. The minimum atomic E-state index is -1.14. The summed E-state index contributed by atoms with van der Waals surface area (Å²) in [4.78, 5) is 23.7. The molecule has 0 aliphatic heterocycles. The van der Waals surface area contributed by atoms with Gasteiger partial charge in [-0.05, 0) is 55.9 Å². The second kappa shape index (κ2) is 11.2. The highest BCUT2D eigenvalue weighted by molar-refractivity contribution is 6.76. The fourth-order valence-electron chi connectivity index (χ4n) is 3.55. The van der Waals surface area contributed by atoms with Crippen LogP contribution in [-0.2, 0) is 19.1 Å². The first-order valence-corrected chi connectivity index (χ1v) is 14.5. The van der Waals surface area contributed by atoms with E-state index in [1.165, 1.54) is 0 Å². The zero-order valence-corrected chi connectivity index (χ0v) is 19.6. The van der Waals surface area contributed by atoms with Crippen LogP contribution in [0.2, 0.25) is 25.7 Å². The lowest BCUT2D eigenvalue weighted by Gasteiger charge is -2.36.